The highest BCUT2D eigenvalue weighted by atomic mass is 79.9. The van der Waals surface area contributed by atoms with Crippen LogP contribution in [-0.2, 0) is 0 Å². The molecule has 0 radical (unpaired) electrons. The van der Waals surface area contributed by atoms with E-state index in [9.17, 15) is 8.78 Å². The van der Waals surface area contributed by atoms with Crippen LogP contribution in [0.2, 0.25) is 0 Å². The second kappa shape index (κ2) is 5.67. The van der Waals surface area contributed by atoms with Crippen LogP contribution in [0.15, 0.2) is 40.9 Å². The Morgan fingerprint density at radius 1 is 1.05 bits per heavy atom. The molecular weight excluding hydrogens is 316 g/mol. The SMILES string of the molecule is C[C@@H](N)c1ccc(Oc2ccc(F)c(F)c2)cc1Br. The van der Waals surface area contributed by atoms with E-state index in [0.29, 0.717) is 5.75 Å². The van der Waals surface area contributed by atoms with Gasteiger partial charge in [0.15, 0.2) is 11.6 Å². The van der Waals surface area contributed by atoms with Crippen LogP contribution in [0.3, 0.4) is 0 Å². The number of hydrogen-bond donors (Lipinski definition) is 1. The quantitative estimate of drug-likeness (QED) is 0.898. The number of halogens is 3. The number of hydrogen-bond acceptors (Lipinski definition) is 2. The van der Waals surface area contributed by atoms with Gasteiger partial charge >= 0.3 is 0 Å². The topological polar surface area (TPSA) is 35.2 Å². The number of ether oxygens (including phenoxy) is 1. The standard InChI is InChI=1S/C14H12BrF2NO/c1-8(18)11-4-2-9(6-12(11)15)19-10-3-5-13(16)14(17)7-10/h2-8H,18H2,1H3/t8-/m1/s1. The Bertz CT molecular complexity index is 602. The van der Waals surface area contributed by atoms with Crippen molar-refractivity contribution < 1.29 is 13.5 Å². The molecule has 0 amide bonds. The lowest BCUT2D eigenvalue weighted by Gasteiger charge is -2.11. The van der Waals surface area contributed by atoms with Crippen molar-refractivity contribution in [2.75, 3.05) is 0 Å². The maximum Gasteiger partial charge on any atom is 0.162 e. The molecule has 0 saturated carbocycles. The van der Waals surface area contributed by atoms with E-state index in [1.165, 1.54) is 6.07 Å². The molecule has 2 aromatic carbocycles. The minimum Gasteiger partial charge on any atom is -0.457 e. The predicted octanol–water partition coefficient (Wildman–Crippen LogP) is 4.54. The van der Waals surface area contributed by atoms with E-state index in [4.69, 9.17) is 10.5 Å². The third kappa shape index (κ3) is 3.30. The molecule has 0 aliphatic heterocycles. The first kappa shape index (κ1) is 14.0. The van der Waals surface area contributed by atoms with Gasteiger partial charge in [0.2, 0.25) is 0 Å². The molecule has 19 heavy (non-hydrogen) atoms. The Labute approximate surface area is 118 Å². The van der Waals surface area contributed by atoms with Gasteiger partial charge in [0.1, 0.15) is 11.5 Å². The van der Waals surface area contributed by atoms with E-state index in [-0.39, 0.29) is 11.8 Å². The highest BCUT2D eigenvalue weighted by Gasteiger charge is 2.08. The van der Waals surface area contributed by atoms with Crippen LogP contribution in [0.4, 0.5) is 8.78 Å². The van der Waals surface area contributed by atoms with E-state index < -0.39 is 11.6 Å². The second-order valence-electron chi connectivity index (χ2n) is 4.15. The second-order valence-corrected chi connectivity index (χ2v) is 5.00. The molecule has 2 nitrogen and oxygen atoms in total. The van der Waals surface area contributed by atoms with Gasteiger partial charge in [-0.3, -0.25) is 0 Å². The minimum absolute atomic E-state index is 0.105. The van der Waals surface area contributed by atoms with Gasteiger partial charge < -0.3 is 10.5 Å². The zero-order valence-corrected chi connectivity index (χ0v) is 11.7. The maximum absolute atomic E-state index is 13.1. The van der Waals surface area contributed by atoms with Gasteiger partial charge in [-0.2, -0.15) is 0 Å². The van der Waals surface area contributed by atoms with Crippen molar-refractivity contribution in [3.05, 3.63) is 58.1 Å². The fourth-order valence-corrected chi connectivity index (χ4v) is 2.34. The molecule has 0 aromatic heterocycles. The lowest BCUT2D eigenvalue weighted by Crippen LogP contribution is -2.05. The van der Waals surface area contributed by atoms with Gasteiger partial charge in [0, 0.05) is 16.6 Å². The average molecular weight is 328 g/mol. The normalized spacial score (nSPS) is 12.3. The van der Waals surface area contributed by atoms with Crippen LogP contribution in [0, 0.1) is 11.6 Å². The van der Waals surface area contributed by atoms with Crippen molar-refractivity contribution in [1.82, 2.24) is 0 Å². The van der Waals surface area contributed by atoms with E-state index in [1.54, 1.807) is 12.1 Å². The van der Waals surface area contributed by atoms with Crippen LogP contribution in [0.5, 0.6) is 11.5 Å². The molecule has 0 saturated heterocycles. The zero-order valence-electron chi connectivity index (χ0n) is 10.2. The predicted molar refractivity (Wildman–Crippen MR) is 73.2 cm³/mol. The molecule has 2 aromatic rings. The van der Waals surface area contributed by atoms with Crippen molar-refractivity contribution in [3.63, 3.8) is 0 Å². The van der Waals surface area contributed by atoms with Gasteiger partial charge in [-0.05, 0) is 36.8 Å². The molecule has 2 rings (SSSR count). The first-order valence-electron chi connectivity index (χ1n) is 5.65. The largest absolute Gasteiger partial charge is 0.457 e. The first-order chi connectivity index (χ1) is 8.97. The van der Waals surface area contributed by atoms with Gasteiger partial charge in [-0.15, -0.1) is 0 Å². The maximum atomic E-state index is 13.1. The lowest BCUT2D eigenvalue weighted by atomic mass is 10.1. The number of nitrogens with two attached hydrogens (primary N) is 1. The molecular formula is C14H12BrF2NO. The number of rotatable bonds is 3. The fraction of sp³-hybridized carbons (Fsp3) is 0.143. The minimum atomic E-state index is -0.941. The summed E-state index contributed by atoms with van der Waals surface area (Å²) in [5.41, 5.74) is 6.73. The van der Waals surface area contributed by atoms with E-state index >= 15 is 0 Å². The molecule has 1 atom stereocenters. The number of benzene rings is 2. The van der Waals surface area contributed by atoms with Crippen molar-refractivity contribution in [1.29, 1.82) is 0 Å². The summed E-state index contributed by atoms with van der Waals surface area (Å²) >= 11 is 3.39. The summed E-state index contributed by atoms with van der Waals surface area (Å²) in [5.74, 6) is -1.09. The summed E-state index contributed by atoms with van der Waals surface area (Å²) in [6.07, 6.45) is 0. The van der Waals surface area contributed by atoms with E-state index in [2.05, 4.69) is 15.9 Å². The van der Waals surface area contributed by atoms with Crippen molar-refractivity contribution in [3.8, 4) is 11.5 Å². The summed E-state index contributed by atoms with van der Waals surface area (Å²) in [5, 5.41) is 0. The van der Waals surface area contributed by atoms with Gasteiger partial charge in [-0.25, -0.2) is 8.78 Å². The van der Waals surface area contributed by atoms with E-state index in [1.807, 2.05) is 13.0 Å². The Morgan fingerprint density at radius 3 is 2.26 bits per heavy atom. The molecule has 0 bridgehead atoms. The molecule has 0 unspecified atom stereocenters. The van der Waals surface area contributed by atoms with Crippen LogP contribution >= 0.6 is 15.9 Å². The average Bonchev–Trinajstić information content (AvgIpc) is 2.33. The van der Waals surface area contributed by atoms with Crippen molar-refractivity contribution in [2.45, 2.75) is 13.0 Å². The molecule has 0 aliphatic carbocycles. The molecule has 100 valence electrons. The van der Waals surface area contributed by atoms with Crippen LogP contribution in [-0.4, -0.2) is 0 Å². The van der Waals surface area contributed by atoms with E-state index in [0.717, 1.165) is 22.2 Å². The molecule has 0 spiro atoms. The molecule has 5 heteroatoms. The molecule has 2 N–H and O–H groups in total. The lowest BCUT2D eigenvalue weighted by molar-refractivity contribution is 0.461. The highest BCUT2D eigenvalue weighted by molar-refractivity contribution is 9.10. The summed E-state index contributed by atoms with van der Waals surface area (Å²) < 4.78 is 32.1. The van der Waals surface area contributed by atoms with Crippen LogP contribution in [0.25, 0.3) is 0 Å². The monoisotopic (exact) mass is 327 g/mol. The summed E-state index contributed by atoms with van der Waals surface area (Å²) in [7, 11) is 0. The smallest absolute Gasteiger partial charge is 0.162 e. The van der Waals surface area contributed by atoms with Crippen LogP contribution in [0.1, 0.15) is 18.5 Å². The van der Waals surface area contributed by atoms with Gasteiger partial charge in [-0.1, -0.05) is 22.0 Å². The molecule has 0 heterocycles. The van der Waals surface area contributed by atoms with Gasteiger partial charge in [0.25, 0.3) is 0 Å². The van der Waals surface area contributed by atoms with Gasteiger partial charge in [0.05, 0.1) is 0 Å². The Hall–Kier alpha value is -1.46. The Morgan fingerprint density at radius 2 is 1.68 bits per heavy atom. The third-order valence-electron chi connectivity index (χ3n) is 2.59. The molecule has 0 aliphatic rings. The Kier molecular flexibility index (Phi) is 4.17. The fourth-order valence-electron chi connectivity index (χ4n) is 1.62. The molecule has 0 fully saturated rings. The Balaban J connectivity index is 2.24. The third-order valence-corrected chi connectivity index (χ3v) is 3.28. The van der Waals surface area contributed by atoms with Crippen LogP contribution < -0.4 is 10.5 Å². The zero-order chi connectivity index (χ0) is 14.0. The first-order valence-corrected chi connectivity index (χ1v) is 6.44. The summed E-state index contributed by atoms with van der Waals surface area (Å²) in [4.78, 5) is 0. The highest BCUT2D eigenvalue weighted by Crippen LogP contribution is 2.29. The van der Waals surface area contributed by atoms with Crippen molar-refractivity contribution >= 4 is 15.9 Å². The van der Waals surface area contributed by atoms with Crippen molar-refractivity contribution in [2.24, 2.45) is 5.73 Å². The summed E-state index contributed by atoms with van der Waals surface area (Å²) in [6, 6.07) is 8.57. The summed E-state index contributed by atoms with van der Waals surface area (Å²) in [6.45, 7) is 1.87.